The van der Waals surface area contributed by atoms with Crippen molar-refractivity contribution < 1.29 is 29.3 Å². The molecule has 0 aliphatic heterocycles. The minimum Gasteiger partial charge on any atom is -0.475 e. The molecule has 2 N–H and O–H groups in total. The van der Waals surface area contributed by atoms with Crippen molar-refractivity contribution in [2.45, 2.75) is 0 Å². The van der Waals surface area contributed by atoms with Gasteiger partial charge < -0.3 is 14.9 Å². The van der Waals surface area contributed by atoms with Crippen LogP contribution in [0.25, 0.3) is 0 Å². The van der Waals surface area contributed by atoms with Crippen LogP contribution in [0.15, 0.2) is 0 Å². The molecule has 0 unspecified atom stereocenters. The Bertz CT molecular complexity index is 439. The number of aromatic carboxylic acids is 2. The van der Waals surface area contributed by atoms with Crippen molar-refractivity contribution >= 4 is 17.9 Å². The van der Waals surface area contributed by atoms with Crippen molar-refractivity contribution in [3.63, 3.8) is 0 Å². The number of rotatable bonds is 3. The number of carboxylic acids is 2. The normalized spacial score (nSPS) is 9.56. The van der Waals surface area contributed by atoms with E-state index in [1.807, 2.05) is 0 Å². The molecule has 0 fully saturated rings. The minimum absolute atomic E-state index is 0.674. The monoisotopic (exact) mass is 227 g/mol. The van der Waals surface area contributed by atoms with Crippen LogP contribution >= 0.6 is 0 Å². The highest BCUT2D eigenvalue weighted by molar-refractivity contribution is 5.91. The molecule has 0 aromatic carbocycles. The molecule has 1 aromatic rings. The highest BCUT2D eigenvalue weighted by atomic mass is 16.5. The third-order valence-corrected chi connectivity index (χ3v) is 1.39. The number of hydrogen-bond donors (Lipinski definition) is 2. The lowest BCUT2D eigenvalue weighted by Crippen LogP contribution is -2.18. The van der Waals surface area contributed by atoms with Gasteiger partial charge in [-0.15, -0.1) is 0 Å². The Morgan fingerprint density at radius 3 is 1.62 bits per heavy atom. The van der Waals surface area contributed by atoms with Crippen LogP contribution < -0.4 is 0 Å². The van der Waals surface area contributed by atoms with Gasteiger partial charge in [0, 0.05) is 0 Å². The van der Waals surface area contributed by atoms with Crippen molar-refractivity contribution in [2.75, 3.05) is 7.11 Å². The average molecular weight is 227 g/mol. The van der Waals surface area contributed by atoms with E-state index in [2.05, 4.69) is 19.7 Å². The van der Waals surface area contributed by atoms with Gasteiger partial charge >= 0.3 is 17.9 Å². The quantitative estimate of drug-likeness (QED) is 0.625. The topological polar surface area (TPSA) is 140 Å². The summed E-state index contributed by atoms with van der Waals surface area (Å²) in [6.07, 6.45) is 0. The standard InChI is InChI=1S/C7H5N3O6/c1-16-7(15)4-9-2(5(11)12)8-3(10-4)6(13)14/h1H3,(H,11,12)(H,13,14). The average Bonchev–Trinajstić information content (AvgIpc) is 2.27. The highest BCUT2D eigenvalue weighted by Crippen LogP contribution is 1.99. The SMILES string of the molecule is COC(=O)c1nc(C(=O)O)nc(C(=O)O)n1. The van der Waals surface area contributed by atoms with Crippen LogP contribution in [0.1, 0.15) is 31.9 Å². The summed E-state index contributed by atoms with van der Waals surface area (Å²) < 4.78 is 4.23. The predicted octanol–water partition coefficient (Wildman–Crippen LogP) is -0.945. The first kappa shape index (κ1) is 11.5. The summed E-state index contributed by atoms with van der Waals surface area (Å²) in [5.74, 6) is -6.55. The first-order chi connectivity index (χ1) is 7.45. The molecule has 16 heavy (non-hydrogen) atoms. The third kappa shape index (κ3) is 2.26. The minimum atomic E-state index is -1.57. The number of esters is 1. The second kappa shape index (κ2) is 4.29. The van der Waals surface area contributed by atoms with Crippen LogP contribution in [0.2, 0.25) is 0 Å². The van der Waals surface area contributed by atoms with Gasteiger partial charge in [0.05, 0.1) is 7.11 Å². The molecule has 0 spiro atoms. The fourth-order valence-electron chi connectivity index (χ4n) is 0.750. The molecule has 0 amide bonds. The van der Waals surface area contributed by atoms with Crippen LogP contribution in [0.3, 0.4) is 0 Å². The maximum Gasteiger partial charge on any atom is 0.376 e. The highest BCUT2D eigenvalue weighted by Gasteiger charge is 2.20. The molecule has 9 heteroatoms. The van der Waals surface area contributed by atoms with E-state index in [0.717, 1.165) is 7.11 Å². The van der Waals surface area contributed by atoms with E-state index in [1.54, 1.807) is 0 Å². The predicted molar refractivity (Wildman–Crippen MR) is 45.1 cm³/mol. The van der Waals surface area contributed by atoms with Gasteiger partial charge in [-0.1, -0.05) is 0 Å². The van der Waals surface area contributed by atoms with E-state index < -0.39 is 35.4 Å². The molecule has 0 saturated carbocycles. The number of methoxy groups -OCH3 is 1. The number of carbonyl (C=O) groups is 3. The molecule has 9 nitrogen and oxygen atoms in total. The van der Waals surface area contributed by atoms with Gasteiger partial charge in [0.2, 0.25) is 17.5 Å². The summed E-state index contributed by atoms with van der Waals surface area (Å²) in [5, 5.41) is 17.1. The third-order valence-electron chi connectivity index (χ3n) is 1.39. The molecule has 1 heterocycles. The lowest BCUT2D eigenvalue weighted by molar-refractivity contribution is 0.0584. The molecule has 0 aliphatic carbocycles. The van der Waals surface area contributed by atoms with Gasteiger partial charge in [0.25, 0.3) is 0 Å². The fraction of sp³-hybridized carbons (Fsp3) is 0.143. The van der Waals surface area contributed by atoms with Gasteiger partial charge in [0.15, 0.2) is 0 Å². The molecular formula is C7H5N3O6. The largest absolute Gasteiger partial charge is 0.475 e. The van der Waals surface area contributed by atoms with E-state index in [1.165, 1.54) is 0 Å². The molecule has 1 aromatic heterocycles. The second-order valence-corrected chi connectivity index (χ2v) is 2.41. The van der Waals surface area contributed by atoms with E-state index in [-0.39, 0.29) is 0 Å². The molecular weight excluding hydrogens is 222 g/mol. The summed E-state index contributed by atoms with van der Waals surface area (Å²) in [6.45, 7) is 0. The lowest BCUT2D eigenvalue weighted by atomic mass is 10.5. The van der Waals surface area contributed by atoms with Gasteiger partial charge in [-0.05, 0) is 0 Å². The Morgan fingerprint density at radius 1 is 0.938 bits per heavy atom. The zero-order valence-corrected chi connectivity index (χ0v) is 7.87. The summed E-state index contributed by atoms with van der Waals surface area (Å²) in [4.78, 5) is 41.7. The Labute approximate surface area is 87.7 Å². The molecule has 0 saturated heterocycles. The first-order valence-corrected chi connectivity index (χ1v) is 3.76. The van der Waals surface area contributed by atoms with E-state index in [0.29, 0.717) is 0 Å². The Morgan fingerprint density at radius 2 is 1.31 bits per heavy atom. The Hall–Kier alpha value is -2.58. The van der Waals surface area contributed by atoms with Gasteiger partial charge in [0.1, 0.15) is 0 Å². The maximum atomic E-state index is 11.0. The molecule has 0 atom stereocenters. The van der Waals surface area contributed by atoms with Gasteiger partial charge in [-0.3, -0.25) is 0 Å². The number of aromatic nitrogens is 3. The Balaban J connectivity index is 3.35. The van der Waals surface area contributed by atoms with Crippen LogP contribution in [0, 0.1) is 0 Å². The lowest BCUT2D eigenvalue weighted by Gasteiger charge is -2.00. The molecule has 0 aliphatic rings. The zero-order valence-electron chi connectivity index (χ0n) is 7.87. The fourth-order valence-corrected chi connectivity index (χ4v) is 0.750. The second-order valence-electron chi connectivity index (χ2n) is 2.41. The number of ether oxygens (including phenoxy) is 1. The zero-order chi connectivity index (χ0) is 12.3. The number of nitrogens with zero attached hydrogens (tertiary/aromatic N) is 3. The molecule has 0 bridgehead atoms. The van der Waals surface area contributed by atoms with E-state index in [4.69, 9.17) is 10.2 Å². The van der Waals surface area contributed by atoms with Crippen LogP contribution in [-0.2, 0) is 4.74 Å². The van der Waals surface area contributed by atoms with Crippen LogP contribution in [-0.4, -0.2) is 50.2 Å². The van der Waals surface area contributed by atoms with Crippen molar-refractivity contribution in [2.24, 2.45) is 0 Å². The number of carboxylic acid groups (broad SMARTS) is 2. The summed E-state index contributed by atoms with van der Waals surface area (Å²) in [6, 6.07) is 0. The number of hydrogen-bond acceptors (Lipinski definition) is 7. The smallest absolute Gasteiger partial charge is 0.376 e. The summed E-state index contributed by atoms with van der Waals surface area (Å²) in [7, 11) is 1.02. The van der Waals surface area contributed by atoms with Crippen LogP contribution in [0.4, 0.5) is 0 Å². The molecule has 0 radical (unpaired) electrons. The Kier molecular flexibility index (Phi) is 3.09. The van der Waals surface area contributed by atoms with Gasteiger partial charge in [-0.2, -0.15) is 15.0 Å². The van der Waals surface area contributed by atoms with Gasteiger partial charge in [-0.25, -0.2) is 14.4 Å². The number of carbonyl (C=O) groups excluding carboxylic acids is 1. The van der Waals surface area contributed by atoms with E-state index in [9.17, 15) is 14.4 Å². The van der Waals surface area contributed by atoms with Crippen LogP contribution in [0.5, 0.6) is 0 Å². The van der Waals surface area contributed by atoms with E-state index >= 15 is 0 Å². The summed E-state index contributed by atoms with van der Waals surface area (Å²) >= 11 is 0. The van der Waals surface area contributed by atoms with Crippen molar-refractivity contribution in [1.29, 1.82) is 0 Å². The molecule has 84 valence electrons. The molecule has 1 rings (SSSR count). The van der Waals surface area contributed by atoms with Crippen molar-refractivity contribution in [3.05, 3.63) is 17.5 Å². The van der Waals surface area contributed by atoms with Crippen molar-refractivity contribution in [3.8, 4) is 0 Å². The van der Waals surface area contributed by atoms with Crippen molar-refractivity contribution in [1.82, 2.24) is 15.0 Å². The summed E-state index contributed by atoms with van der Waals surface area (Å²) in [5.41, 5.74) is 0. The first-order valence-electron chi connectivity index (χ1n) is 3.76. The maximum absolute atomic E-state index is 11.0.